The van der Waals surface area contributed by atoms with Gasteiger partial charge in [0, 0.05) is 6.20 Å². The lowest BCUT2D eigenvalue weighted by Crippen LogP contribution is -2.10. The zero-order chi connectivity index (χ0) is 13.1. The first-order chi connectivity index (χ1) is 8.58. The highest BCUT2D eigenvalue weighted by molar-refractivity contribution is 6.30. The van der Waals surface area contributed by atoms with Gasteiger partial charge in [0.25, 0.3) is 0 Å². The summed E-state index contributed by atoms with van der Waals surface area (Å²) in [4.78, 5) is 4.20. The predicted molar refractivity (Wildman–Crippen MR) is 76.9 cm³/mol. The molecule has 3 nitrogen and oxygen atoms in total. The van der Waals surface area contributed by atoms with E-state index in [1.165, 1.54) is 11.1 Å². The summed E-state index contributed by atoms with van der Waals surface area (Å²) in [5, 5.41) is 3.84. The number of halogens is 1. The maximum Gasteiger partial charge on any atom is 0.149 e. The Morgan fingerprint density at radius 3 is 2.72 bits per heavy atom. The molecule has 0 radical (unpaired) electrons. The first-order valence-electron chi connectivity index (χ1n) is 5.81. The standard InChI is InChI=1S/C14H16ClN3/c1-9-5-3-4-6-12(9)10(2)18-14-13(16)7-11(15)8-17-14/h3-8,10H,16H2,1-2H3,(H,17,18). The quantitative estimate of drug-likeness (QED) is 0.884. The number of nitrogens with zero attached hydrogens (tertiary/aromatic N) is 1. The van der Waals surface area contributed by atoms with Crippen molar-refractivity contribution in [3.8, 4) is 0 Å². The Morgan fingerprint density at radius 2 is 2.06 bits per heavy atom. The number of benzene rings is 1. The van der Waals surface area contributed by atoms with Crippen LogP contribution in [0.3, 0.4) is 0 Å². The minimum Gasteiger partial charge on any atom is -0.396 e. The monoisotopic (exact) mass is 261 g/mol. The number of nitrogen functional groups attached to an aromatic ring is 1. The van der Waals surface area contributed by atoms with Crippen molar-refractivity contribution in [3.63, 3.8) is 0 Å². The molecule has 2 rings (SSSR count). The SMILES string of the molecule is Cc1ccccc1C(C)Nc1ncc(Cl)cc1N. The first-order valence-corrected chi connectivity index (χ1v) is 6.19. The summed E-state index contributed by atoms with van der Waals surface area (Å²) >= 11 is 5.83. The Hall–Kier alpha value is -1.74. The second-order valence-corrected chi connectivity index (χ2v) is 4.75. The molecule has 0 spiro atoms. The van der Waals surface area contributed by atoms with E-state index < -0.39 is 0 Å². The second-order valence-electron chi connectivity index (χ2n) is 4.31. The van der Waals surface area contributed by atoms with E-state index in [1.54, 1.807) is 12.3 Å². The van der Waals surface area contributed by atoms with Crippen LogP contribution in [0, 0.1) is 6.92 Å². The molecule has 2 aromatic rings. The van der Waals surface area contributed by atoms with Gasteiger partial charge in [-0.15, -0.1) is 0 Å². The van der Waals surface area contributed by atoms with Gasteiger partial charge in [-0.05, 0) is 31.0 Å². The molecule has 3 N–H and O–H groups in total. The molecule has 94 valence electrons. The molecule has 0 fully saturated rings. The molecule has 0 saturated heterocycles. The Morgan fingerprint density at radius 1 is 1.33 bits per heavy atom. The fourth-order valence-electron chi connectivity index (χ4n) is 1.93. The minimum atomic E-state index is 0.141. The summed E-state index contributed by atoms with van der Waals surface area (Å²) in [5.41, 5.74) is 8.91. The molecule has 0 aliphatic rings. The molecule has 1 atom stereocenters. The van der Waals surface area contributed by atoms with Crippen molar-refractivity contribution in [2.75, 3.05) is 11.1 Å². The zero-order valence-electron chi connectivity index (χ0n) is 10.4. The van der Waals surface area contributed by atoms with E-state index >= 15 is 0 Å². The number of nitrogens with one attached hydrogen (secondary N) is 1. The number of nitrogens with two attached hydrogens (primary N) is 1. The highest BCUT2D eigenvalue weighted by Gasteiger charge is 2.10. The minimum absolute atomic E-state index is 0.141. The number of aryl methyl sites for hydroxylation is 1. The van der Waals surface area contributed by atoms with Crippen molar-refractivity contribution in [1.82, 2.24) is 4.98 Å². The van der Waals surface area contributed by atoms with Crippen LogP contribution in [0.25, 0.3) is 0 Å². The highest BCUT2D eigenvalue weighted by atomic mass is 35.5. The molecule has 1 heterocycles. The zero-order valence-corrected chi connectivity index (χ0v) is 11.2. The van der Waals surface area contributed by atoms with Gasteiger partial charge < -0.3 is 11.1 Å². The van der Waals surface area contributed by atoms with Crippen molar-refractivity contribution in [1.29, 1.82) is 0 Å². The molecule has 4 heteroatoms. The molecular formula is C14H16ClN3. The fourth-order valence-corrected chi connectivity index (χ4v) is 2.10. The van der Waals surface area contributed by atoms with E-state index in [2.05, 4.69) is 36.3 Å². The summed E-state index contributed by atoms with van der Waals surface area (Å²) in [5.74, 6) is 0.662. The van der Waals surface area contributed by atoms with Crippen LogP contribution in [0.5, 0.6) is 0 Å². The van der Waals surface area contributed by atoms with Crippen molar-refractivity contribution in [2.45, 2.75) is 19.9 Å². The maximum absolute atomic E-state index is 5.88. The van der Waals surface area contributed by atoms with Gasteiger partial charge in [0.1, 0.15) is 5.82 Å². The lowest BCUT2D eigenvalue weighted by atomic mass is 10.0. The van der Waals surface area contributed by atoms with E-state index in [0.717, 1.165) is 0 Å². The largest absolute Gasteiger partial charge is 0.396 e. The number of hydrogen-bond acceptors (Lipinski definition) is 3. The van der Waals surface area contributed by atoms with Gasteiger partial charge in [-0.3, -0.25) is 0 Å². The number of anilines is 2. The summed E-state index contributed by atoms with van der Waals surface area (Å²) < 4.78 is 0. The van der Waals surface area contributed by atoms with Crippen molar-refractivity contribution < 1.29 is 0 Å². The Bertz CT molecular complexity index is 554. The highest BCUT2D eigenvalue weighted by Crippen LogP contribution is 2.25. The van der Waals surface area contributed by atoms with Crippen molar-refractivity contribution in [3.05, 3.63) is 52.7 Å². The molecule has 0 saturated carbocycles. The lowest BCUT2D eigenvalue weighted by molar-refractivity contribution is 0.866. The van der Waals surface area contributed by atoms with Gasteiger partial charge >= 0.3 is 0 Å². The smallest absolute Gasteiger partial charge is 0.149 e. The van der Waals surface area contributed by atoms with Gasteiger partial charge in [0.2, 0.25) is 0 Å². The Kier molecular flexibility index (Phi) is 3.72. The average Bonchev–Trinajstić information content (AvgIpc) is 2.33. The molecule has 0 bridgehead atoms. The van der Waals surface area contributed by atoms with Gasteiger partial charge in [0.05, 0.1) is 16.8 Å². The van der Waals surface area contributed by atoms with Gasteiger partial charge in [-0.2, -0.15) is 0 Å². The van der Waals surface area contributed by atoms with E-state index in [4.69, 9.17) is 17.3 Å². The van der Waals surface area contributed by atoms with E-state index in [9.17, 15) is 0 Å². The average molecular weight is 262 g/mol. The molecule has 0 aliphatic carbocycles. The number of hydrogen-bond donors (Lipinski definition) is 2. The van der Waals surface area contributed by atoms with Gasteiger partial charge in [-0.25, -0.2) is 4.98 Å². The normalized spacial score (nSPS) is 12.2. The van der Waals surface area contributed by atoms with Crippen LogP contribution >= 0.6 is 11.6 Å². The molecule has 1 aromatic carbocycles. The number of pyridine rings is 1. The first kappa shape index (κ1) is 12.7. The van der Waals surface area contributed by atoms with Crippen LogP contribution in [-0.2, 0) is 0 Å². The lowest BCUT2D eigenvalue weighted by Gasteiger charge is -2.18. The van der Waals surface area contributed by atoms with Crippen LogP contribution in [-0.4, -0.2) is 4.98 Å². The topological polar surface area (TPSA) is 50.9 Å². The van der Waals surface area contributed by atoms with Crippen LogP contribution in [0.1, 0.15) is 24.1 Å². The third-order valence-electron chi connectivity index (χ3n) is 2.89. The summed E-state index contributed by atoms with van der Waals surface area (Å²) in [6, 6.07) is 10.1. The molecule has 0 aliphatic heterocycles. The molecule has 1 aromatic heterocycles. The Balaban J connectivity index is 2.21. The summed E-state index contributed by atoms with van der Waals surface area (Å²) in [7, 11) is 0. The third kappa shape index (κ3) is 2.74. The number of rotatable bonds is 3. The summed E-state index contributed by atoms with van der Waals surface area (Å²) in [6.07, 6.45) is 1.59. The fraction of sp³-hybridized carbons (Fsp3) is 0.214. The van der Waals surface area contributed by atoms with Gasteiger partial charge in [0.15, 0.2) is 0 Å². The van der Waals surface area contributed by atoms with Gasteiger partial charge in [-0.1, -0.05) is 35.9 Å². The molecule has 1 unspecified atom stereocenters. The van der Waals surface area contributed by atoms with Crippen LogP contribution < -0.4 is 11.1 Å². The van der Waals surface area contributed by atoms with Crippen molar-refractivity contribution in [2.24, 2.45) is 0 Å². The van der Waals surface area contributed by atoms with E-state index in [1.807, 2.05) is 12.1 Å². The number of aromatic nitrogens is 1. The van der Waals surface area contributed by atoms with Crippen LogP contribution in [0.2, 0.25) is 5.02 Å². The molecular weight excluding hydrogens is 246 g/mol. The third-order valence-corrected chi connectivity index (χ3v) is 3.10. The second kappa shape index (κ2) is 5.27. The van der Waals surface area contributed by atoms with E-state index in [0.29, 0.717) is 16.5 Å². The predicted octanol–water partition coefficient (Wildman–Crippen LogP) is 3.80. The maximum atomic E-state index is 5.88. The van der Waals surface area contributed by atoms with Crippen molar-refractivity contribution >= 4 is 23.1 Å². The van der Waals surface area contributed by atoms with Crippen LogP contribution in [0.4, 0.5) is 11.5 Å². The molecule has 0 amide bonds. The Labute approximate surface area is 112 Å². The summed E-state index contributed by atoms with van der Waals surface area (Å²) in [6.45, 7) is 4.17. The van der Waals surface area contributed by atoms with Crippen LogP contribution in [0.15, 0.2) is 36.5 Å². The van der Waals surface area contributed by atoms with E-state index in [-0.39, 0.29) is 6.04 Å². The molecule has 18 heavy (non-hydrogen) atoms.